The van der Waals surface area contributed by atoms with Gasteiger partial charge in [-0.25, -0.2) is 0 Å². The average Bonchev–Trinajstić information content (AvgIpc) is 3.08. The topological polar surface area (TPSA) is 35.6 Å². The van der Waals surface area contributed by atoms with Gasteiger partial charge in [0.05, 0.1) is 0 Å². The van der Waals surface area contributed by atoms with E-state index in [0.717, 1.165) is 44.2 Å². The summed E-state index contributed by atoms with van der Waals surface area (Å²) in [6.45, 7) is 6.72. The predicted molar refractivity (Wildman–Crippen MR) is 93.7 cm³/mol. The van der Waals surface area contributed by atoms with Crippen molar-refractivity contribution in [3.8, 4) is 0 Å². The highest BCUT2D eigenvalue weighted by atomic mass is 35.5. The zero-order chi connectivity index (χ0) is 16.2. The molecule has 0 aromatic heterocycles. The summed E-state index contributed by atoms with van der Waals surface area (Å²) in [6.07, 6.45) is 2.98. The Morgan fingerprint density at radius 3 is 2.70 bits per heavy atom. The van der Waals surface area contributed by atoms with E-state index in [-0.39, 0.29) is 6.04 Å². The number of carbonyl (C=O) groups is 1. The van der Waals surface area contributed by atoms with E-state index >= 15 is 0 Å². The van der Waals surface area contributed by atoms with Crippen molar-refractivity contribution >= 4 is 17.5 Å². The molecule has 1 aromatic rings. The molecule has 2 atom stereocenters. The van der Waals surface area contributed by atoms with Gasteiger partial charge in [0.2, 0.25) is 5.91 Å². The number of piperazine rings is 1. The van der Waals surface area contributed by atoms with Gasteiger partial charge in [-0.2, -0.15) is 0 Å². The first-order valence-electron chi connectivity index (χ1n) is 8.65. The number of benzene rings is 1. The van der Waals surface area contributed by atoms with Crippen LogP contribution in [-0.4, -0.2) is 54.5 Å². The third kappa shape index (κ3) is 4.06. The largest absolute Gasteiger partial charge is 0.340 e. The van der Waals surface area contributed by atoms with Crippen LogP contribution >= 0.6 is 11.6 Å². The van der Waals surface area contributed by atoms with Crippen LogP contribution < -0.4 is 5.32 Å². The van der Waals surface area contributed by atoms with Crippen molar-refractivity contribution in [2.24, 2.45) is 0 Å². The van der Waals surface area contributed by atoms with Gasteiger partial charge >= 0.3 is 0 Å². The van der Waals surface area contributed by atoms with Crippen molar-refractivity contribution in [3.63, 3.8) is 0 Å². The maximum absolute atomic E-state index is 12.4. The number of amides is 1. The van der Waals surface area contributed by atoms with Crippen molar-refractivity contribution in [2.45, 2.75) is 38.3 Å². The number of nitrogens with one attached hydrogen (secondary N) is 1. The summed E-state index contributed by atoms with van der Waals surface area (Å²) in [6, 6.07) is 8.72. The molecule has 3 rings (SSSR count). The van der Waals surface area contributed by atoms with Crippen molar-refractivity contribution < 1.29 is 4.79 Å². The van der Waals surface area contributed by atoms with Gasteiger partial charge in [0, 0.05) is 49.7 Å². The highest BCUT2D eigenvalue weighted by Crippen LogP contribution is 2.27. The molecule has 1 amide bonds. The molecule has 23 heavy (non-hydrogen) atoms. The van der Waals surface area contributed by atoms with E-state index in [1.54, 1.807) is 0 Å². The molecule has 1 aromatic carbocycles. The van der Waals surface area contributed by atoms with E-state index in [2.05, 4.69) is 23.2 Å². The van der Waals surface area contributed by atoms with Crippen LogP contribution in [-0.2, 0) is 4.79 Å². The molecule has 0 spiro atoms. The van der Waals surface area contributed by atoms with E-state index in [1.807, 2.05) is 23.1 Å². The summed E-state index contributed by atoms with van der Waals surface area (Å²) in [5.41, 5.74) is 1.17. The molecule has 2 fully saturated rings. The normalized spacial score (nSPS) is 23.9. The van der Waals surface area contributed by atoms with Crippen LogP contribution in [0.1, 0.15) is 37.8 Å². The zero-order valence-corrected chi connectivity index (χ0v) is 14.6. The molecule has 2 saturated heterocycles. The standard InChI is InChI=1S/C18H26ClN3O/c1-14(16-6-2-3-7-17(16)19)21-9-11-22(12-10-21)18(23)13-15-5-4-8-20-15/h2-3,6-7,14-15,20H,4-5,8-13H2,1H3. The first-order valence-corrected chi connectivity index (χ1v) is 9.02. The van der Waals surface area contributed by atoms with Crippen molar-refractivity contribution in [2.75, 3.05) is 32.7 Å². The van der Waals surface area contributed by atoms with E-state index in [9.17, 15) is 4.79 Å². The van der Waals surface area contributed by atoms with Crippen LogP contribution in [0.5, 0.6) is 0 Å². The maximum atomic E-state index is 12.4. The highest BCUT2D eigenvalue weighted by molar-refractivity contribution is 6.31. The second kappa shape index (κ2) is 7.65. The molecule has 5 heteroatoms. The quantitative estimate of drug-likeness (QED) is 0.919. The van der Waals surface area contributed by atoms with Gasteiger partial charge in [0.25, 0.3) is 0 Å². The third-order valence-electron chi connectivity index (χ3n) is 5.15. The minimum Gasteiger partial charge on any atom is -0.340 e. The van der Waals surface area contributed by atoms with Gasteiger partial charge in [-0.15, -0.1) is 0 Å². The van der Waals surface area contributed by atoms with Gasteiger partial charge in [-0.3, -0.25) is 9.69 Å². The van der Waals surface area contributed by atoms with Crippen LogP contribution in [0.2, 0.25) is 5.02 Å². The summed E-state index contributed by atoms with van der Waals surface area (Å²) in [5.74, 6) is 0.300. The Kier molecular flexibility index (Phi) is 5.57. The van der Waals surface area contributed by atoms with E-state index in [0.29, 0.717) is 18.4 Å². The Morgan fingerprint density at radius 2 is 2.04 bits per heavy atom. The fraction of sp³-hybridized carbons (Fsp3) is 0.611. The third-order valence-corrected chi connectivity index (χ3v) is 5.50. The minimum absolute atomic E-state index is 0.289. The van der Waals surface area contributed by atoms with Crippen molar-refractivity contribution in [1.82, 2.24) is 15.1 Å². The molecule has 126 valence electrons. The van der Waals surface area contributed by atoms with Crippen molar-refractivity contribution in [3.05, 3.63) is 34.9 Å². The Labute approximate surface area is 143 Å². The Balaban J connectivity index is 1.51. The van der Waals surface area contributed by atoms with Gasteiger partial charge < -0.3 is 10.2 Å². The molecule has 2 aliphatic rings. The number of nitrogens with zero attached hydrogens (tertiary/aromatic N) is 2. The summed E-state index contributed by atoms with van der Waals surface area (Å²) in [4.78, 5) is 16.8. The zero-order valence-electron chi connectivity index (χ0n) is 13.8. The predicted octanol–water partition coefficient (Wildman–Crippen LogP) is 2.69. The molecule has 4 nitrogen and oxygen atoms in total. The lowest BCUT2D eigenvalue weighted by Crippen LogP contribution is -2.50. The summed E-state index contributed by atoms with van der Waals surface area (Å²) >= 11 is 6.31. The van der Waals surface area contributed by atoms with Gasteiger partial charge in [0.1, 0.15) is 0 Å². The Morgan fingerprint density at radius 1 is 1.30 bits per heavy atom. The Bertz CT molecular complexity index is 537. The molecule has 2 aliphatic heterocycles. The van der Waals surface area contributed by atoms with Gasteiger partial charge in [-0.1, -0.05) is 29.8 Å². The molecule has 2 unspecified atom stereocenters. The summed E-state index contributed by atoms with van der Waals surface area (Å²) in [5, 5.41) is 4.23. The summed E-state index contributed by atoms with van der Waals surface area (Å²) < 4.78 is 0. The molecule has 2 heterocycles. The SMILES string of the molecule is CC(c1ccccc1Cl)N1CCN(C(=O)CC2CCCN2)CC1. The monoisotopic (exact) mass is 335 g/mol. The lowest BCUT2D eigenvalue weighted by Gasteiger charge is -2.38. The molecule has 0 aliphatic carbocycles. The van der Waals surface area contributed by atoms with E-state index < -0.39 is 0 Å². The minimum atomic E-state index is 0.289. The van der Waals surface area contributed by atoms with Gasteiger partial charge in [0.15, 0.2) is 0 Å². The molecule has 1 N–H and O–H groups in total. The first-order chi connectivity index (χ1) is 11.1. The van der Waals surface area contributed by atoms with Crippen LogP contribution in [0.25, 0.3) is 0 Å². The van der Waals surface area contributed by atoms with Gasteiger partial charge in [-0.05, 0) is 37.9 Å². The average molecular weight is 336 g/mol. The van der Waals surface area contributed by atoms with Crippen molar-refractivity contribution in [1.29, 1.82) is 0 Å². The van der Waals surface area contributed by atoms with E-state index in [4.69, 9.17) is 11.6 Å². The molecular weight excluding hydrogens is 310 g/mol. The Hall–Kier alpha value is -1.10. The number of hydrogen-bond donors (Lipinski definition) is 1. The fourth-order valence-corrected chi connectivity index (χ4v) is 3.93. The molecule has 0 saturated carbocycles. The molecule has 0 radical (unpaired) electrons. The molecular formula is C18H26ClN3O. The number of halogens is 1. The second-order valence-electron chi connectivity index (χ2n) is 6.61. The number of carbonyl (C=O) groups excluding carboxylic acids is 1. The van der Waals surface area contributed by atoms with Crippen LogP contribution in [0.15, 0.2) is 24.3 Å². The van der Waals surface area contributed by atoms with E-state index in [1.165, 1.54) is 12.0 Å². The second-order valence-corrected chi connectivity index (χ2v) is 7.02. The number of hydrogen-bond acceptors (Lipinski definition) is 3. The van der Waals surface area contributed by atoms with Crippen LogP contribution in [0.3, 0.4) is 0 Å². The van der Waals surface area contributed by atoms with Crippen LogP contribution in [0, 0.1) is 0 Å². The first kappa shape index (κ1) is 16.7. The maximum Gasteiger partial charge on any atom is 0.224 e. The molecule has 0 bridgehead atoms. The summed E-state index contributed by atoms with van der Waals surface area (Å²) in [7, 11) is 0. The van der Waals surface area contributed by atoms with Crippen LogP contribution in [0.4, 0.5) is 0 Å². The lowest BCUT2D eigenvalue weighted by molar-refractivity contribution is -0.133. The number of rotatable bonds is 4. The smallest absolute Gasteiger partial charge is 0.224 e. The fourth-order valence-electron chi connectivity index (χ4n) is 3.64. The lowest BCUT2D eigenvalue weighted by atomic mass is 10.1. The highest BCUT2D eigenvalue weighted by Gasteiger charge is 2.27.